The van der Waals surface area contributed by atoms with Gasteiger partial charge in [0.1, 0.15) is 11.2 Å². The molecular formula is C41H35N3O5S. The highest BCUT2D eigenvalue weighted by molar-refractivity contribution is 7.14. The molecule has 0 spiro atoms. The number of ether oxygens (including phenoxy) is 1. The molecule has 6 rings (SSSR count). The van der Waals surface area contributed by atoms with Gasteiger partial charge in [0.2, 0.25) is 11.3 Å². The molecule has 0 saturated carbocycles. The maximum absolute atomic E-state index is 13.5. The van der Waals surface area contributed by atoms with Crippen molar-refractivity contribution in [1.29, 1.82) is 0 Å². The number of carboxylic acids is 1. The van der Waals surface area contributed by atoms with Gasteiger partial charge in [-0.15, -0.1) is 11.3 Å². The molecule has 2 N–H and O–H groups in total. The topological polar surface area (TPSA) is 110 Å². The Morgan fingerprint density at radius 3 is 1.54 bits per heavy atom. The van der Waals surface area contributed by atoms with Gasteiger partial charge >= 0.3 is 11.9 Å². The van der Waals surface area contributed by atoms with Crippen molar-refractivity contribution >= 4 is 34.1 Å². The van der Waals surface area contributed by atoms with E-state index in [2.05, 4.69) is 15.5 Å². The summed E-state index contributed by atoms with van der Waals surface area (Å²) in [5, 5.41) is 19.8. The van der Waals surface area contributed by atoms with Gasteiger partial charge in [-0.2, -0.15) is 0 Å². The van der Waals surface area contributed by atoms with Crippen LogP contribution in [0.4, 0.5) is 5.13 Å². The Bertz CT molecular complexity index is 1920. The van der Waals surface area contributed by atoms with E-state index in [0.29, 0.717) is 5.13 Å². The van der Waals surface area contributed by atoms with E-state index in [0.717, 1.165) is 27.8 Å². The van der Waals surface area contributed by atoms with Crippen LogP contribution >= 0.6 is 11.3 Å². The third-order valence-electron chi connectivity index (χ3n) is 8.15. The van der Waals surface area contributed by atoms with Crippen molar-refractivity contribution < 1.29 is 24.3 Å². The number of esters is 1. The molecule has 0 saturated heterocycles. The summed E-state index contributed by atoms with van der Waals surface area (Å²) in [6, 6.07) is 48.7. The number of nitrogens with zero attached hydrogens (tertiary/aromatic N) is 2. The zero-order chi connectivity index (χ0) is 35.0. The normalized spacial score (nSPS) is 11.9. The van der Waals surface area contributed by atoms with E-state index in [9.17, 15) is 14.7 Å². The number of carbonyl (C=O) groups excluding carboxylic acids is 1. The van der Waals surface area contributed by atoms with E-state index in [1.165, 1.54) is 25.2 Å². The summed E-state index contributed by atoms with van der Waals surface area (Å²) in [4.78, 5) is 36.3. The number of carboxylic acid groups (broad SMARTS) is 1. The second-order valence-electron chi connectivity index (χ2n) is 12.0. The van der Waals surface area contributed by atoms with Crippen molar-refractivity contribution in [3.63, 3.8) is 0 Å². The molecule has 0 aliphatic heterocycles. The van der Waals surface area contributed by atoms with E-state index in [-0.39, 0.29) is 5.69 Å². The summed E-state index contributed by atoms with van der Waals surface area (Å²) >= 11 is 1.24. The molecule has 1 aromatic heterocycles. The molecule has 50 heavy (non-hydrogen) atoms. The SMILES string of the molecule is CC(C)(O/N=C(/C(=O)O)c1csc(NC(c2ccccc2)(c2ccccc2)c2ccccc2)n1)C(=O)OC(c1ccccc1)c1ccccc1. The predicted molar refractivity (Wildman–Crippen MR) is 195 cm³/mol. The number of hydrogen-bond acceptors (Lipinski definition) is 8. The number of nitrogens with one attached hydrogen (secondary N) is 1. The second-order valence-corrected chi connectivity index (χ2v) is 12.8. The van der Waals surface area contributed by atoms with Crippen molar-refractivity contribution in [3.8, 4) is 0 Å². The van der Waals surface area contributed by atoms with E-state index in [1.54, 1.807) is 5.38 Å². The smallest absolute Gasteiger partial charge is 0.360 e. The molecule has 0 aliphatic rings. The van der Waals surface area contributed by atoms with E-state index < -0.39 is 34.9 Å². The molecule has 250 valence electrons. The maximum Gasteiger partial charge on any atom is 0.360 e. The lowest BCUT2D eigenvalue weighted by Crippen LogP contribution is -2.38. The largest absolute Gasteiger partial charge is 0.476 e. The maximum atomic E-state index is 13.5. The van der Waals surface area contributed by atoms with Gasteiger partial charge < -0.3 is 20.0 Å². The van der Waals surface area contributed by atoms with Crippen LogP contribution in [0.3, 0.4) is 0 Å². The Kier molecular flexibility index (Phi) is 10.2. The molecule has 0 unspecified atom stereocenters. The number of anilines is 1. The standard InChI is InChI=1S/C41H35N3O5S/c1-40(2,38(47)48-36(29-18-8-3-9-19-29)30-20-10-4-11-21-30)49-44-35(37(45)46)34-28-50-39(42-34)43-41(31-22-12-5-13-23-31,32-24-14-6-15-25-32)33-26-16-7-17-27-33/h3-28,36H,1-2H3,(H,42,43)(H,45,46)/b44-35+. The van der Waals surface area contributed by atoms with Crippen LogP contribution in [0.5, 0.6) is 0 Å². The molecule has 0 radical (unpaired) electrons. The Balaban J connectivity index is 1.29. The van der Waals surface area contributed by atoms with Crippen molar-refractivity contribution in [2.45, 2.75) is 31.1 Å². The number of thiazole rings is 1. The first-order valence-electron chi connectivity index (χ1n) is 16.0. The molecule has 6 aromatic rings. The summed E-state index contributed by atoms with van der Waals surface area (Å²) in [5.41, 5.74) is 1.57. The summed E-state index contributed by atoms with van der Waals surface area (Å²) in [7, 11) is 0. The van der Waals surface area contributed by atoms with Crippen LogP contribution in [-0.4, -0.2) is 33.3 Å². The summed E-state index contributed by atoms with van der Waals surface area (Å²) < 4.78 is 5.97. The third-order valence-corrected chi connectivity index (χ3v) is 8.91. The second kappa shape index (κ2) is 15.0. The lowest BCUT2D eigenvalue weighted by atomic mass is 9.77. The minimum absolute atomic E-state index is 0.0729. The molecule has 1 heterocycles. The van der Waals surface area contributed by atoms with Crippen molar-refractivity contribution in [1.82, 2.24) is 4.98 Å². The van der Waals surface area contributed by atoms with Gasteiger partial charge in [-0.3, -0.25) is 0 Å². The molecule has 5 aromatic carbocycles. The molecule has 8 nitrogen and oxygen atoms in total. The zero-order valence-electron chi connectivity index (χ0n) is 27.5. The third kappa shape index (κ3) is 7.33. The lowest BCUT2D eigenvalue weighted by Gasteiger charge is -2.36. The highest BCUT2D eigenvalue weighted by atomic mass is 32.1. The predicted octanol–water partition coefficient (Wildman–Crippen LogP) is 8.46. The summed E-state index contributed by atoms with van der Waals surface area (Å²) in [6.07, 6.45) is -0.706. The lowest BCUT2D eigenvalue weighted by molar-refractivity contribution is -0.172. The molecular weight excluding hydrogens is 647 g/mol. The van der Waals surface area contributed by atoms with E-state index >= 15 is 0 Å². The molecule has 0 amide bonds. The van der Waals surface area contributed by atoms with E-state index in [1.807, 2.05) is 152 Å². The minimum Gasteiger partial charge on any atom is -0.476 e. The van der Waals surface area contributed by atoms with Crippen LogP contribution in [-0.2, 0) is 24.7 Å². The van der Waals surface area contributed by atoms with Gasteiger partial charge in [-0.05, 0) is 41.7 Å². The molecule has 0 aliphatic carbocycles. The molecule has 0 atom stereocenters. The van der Waals surface area contributed by atoms with Crippen LogP contribution in [0.2, 0.25) is 0 Å². The fourth-order valence-electron chi connectivity index (χ4n) is 5.61. The molecule has 0 bridgehead atoms. The fourth-order valence-corrected chi connectivity index (χ4v) is 6.36. The average Bonchev–Trinajstić information content (AvgIpc) is 3.62. The van der Waals surface area contributed by atoms with Gasteiger partial charge in [-0.1, -0.05) is 157 Å². The monoisotopic (exact) mass is 681 g/mol. The fraction of sp³-hybridized carbons (Fsp3) is 0.122. The number of benzene rings is 5. The first kappa shape index (κ1) is 33.8. The Morgan fingerprint density at radius 1 is 0.700 bits per heavy atom. The quantitative estimate of drug-likeness (QED) is 0.0545. The van der Waals surface area contributed by atoms with Crippen LogP contribution in [0.1, 0.15) is 53.5 Å². The first-order chi connectivity index (χ1) is 24.3. The highest BCUT2D eigenvalue weighted by Gasteiger charge is 2.38. The van der Waals surface area contributed by atoms with Gasteiger partial charge in [0.25, 0.3) is 0 Å². The van der Waals surface area contributed by atoms with Crippen molar-refractivity contribution in [2.24, 2.45) is 5.16 Å². The summed E-state index contributed by atoms with van der Waals surface area (Å²) in [5.74, 6) is -2.08. The van der Waals surface area contributed by atoms with Crippen LogP contribution in [0, 0.1) is 0 Å². The van der Waals surface area contributed by atoms with Crippen LogP contribution in [0.15, 0.2) is 162 Å². The van der Waals surface area contributed by atoms with Gasteiger partial charge in [0, 0.05) is 5.38 Å². The number of oxime groups is 1. The van der Waals surface area contributed by atoms with Gasteiger partial charge in [0.15, 0.2) is 11.2 Å². The zero-order valence-corrected chi connectivity index (χ0v) is 28.3. The number of rotatable bonds is 13. The van der Waals surface area contributed by atoms with Gasteiger partial charge in [-0.25, -0.2) is 14.6 Å². The number of carbonyl (C=O) groups is 2. The summed E-state index contributed by atoms with van der Waals surface area (Å²) in [6.45, 7) is 2.96. The van der Waals surface area contributed by atoms with Gasteiger partial charge in [0.05, 0.1) is 0 Å². The Hall–Kier alpha value is -6.06. The number of aromatic nitrogens is 1. The Labute approximate surface area is 294 Å². The average molecular weight is 682 g/mol. The van der Waals surface area contributed by atoms with Crippen LogP contribution < -0.4 is 5.32 Å². The van der Waals surface area contributed by atoms with Crippen molar-refractivity contribution in [3.05, 3.63) is 191 Å². The molecule has 0 fully saturated rings. The first-order valence-corrected chi connectivity index (χ1v) is 16.9. The van der Waals surface area contributed by atoms with Crippen molar-refractivity contribution in [2.75, 3.05) is 5.32 Å². The number of hydrogen-bond donors (Lipinski definition) is 2. The van der Waals surface area contributed by atoms with E-state index in [4.69, 9.17) is 9.57 Å². The number of aliphatic carboxylic acids is 1. The highest BCUT2D eigenvalue weighted by Crippen LogP contribution is 2.40. The minimum atomic E-state index is -1.64. The molecule has 9 heteroatoms. The Morgan fingerprint density at radius 2 is 1.12 bits per heavy atom. The van der Waals surface area contributed by atoms with Crippen LogP contribution in [0.25, 0.3) is 0 Å².